The number of hydrogen-bond donors (Lipinski definition) is 2. The maximum atomic E-state index is 9.91. The molecule has 2 saturated carbocycles. The van der Waals surface area contributed by atoms with Crippen molar-refractivity contribution in [3.8, 4) is 5.75 Å². The second-order valence-corrected chi connectivity index (χ2v) is 6.78. The van der Waals surface area contributed by atoms with Crippen LogP contribution in [0.3, 0.4) is 0 Å². The fraction of sp³-hybridized carbons (Fsp3) is 0.667. The van der Waals surface area contributed by atoms with Crippen molar-refractivity contribution in [2.75, 3.05) is 13.2 Å². The number of ether oxygens (including phenoxy) is 1. The maximum absolute atomic E-state index is 9.91. The molecule has 0 aromatic heterocycles. The van der Waals surface area contributed by atoms with E-state index in [1.807, 2.05) is 12.1 Å². The van der Waals surface area contributed by atoms with Crippen molar-refractivity contribution in [3.05, 3.63) is 29.8 Å². The minimum absolute atomic E-state index is 0.0445. The molecule has 0 spiro atoms. The third-order valence-corrected chi connectivity index (χ3v) is 5.03. The van der Waals surface area contributed by atoms with Crippen LogP contribution in [0.25, 0.3) is 0 Å². The molecule has 0 saturated heterocycles. The van der Waals surface area contributed by atoms with Crippen LogP contribution in [-0.2, 0) is 0 Å². The first-order chi connectivity index (χ1) is 10.2. The second-order valence-electron chi connectivity index (χ2n) is 6.78. The van der Waals surface area contributed by atoms with E-state index in [0.717, 1.165) is 25.2 Å². The zero-order chi connectivity index (χ0) is 14.7. The standard InChI is InChI=1S/C18H27NO2/c1-14-4-2-6-17(12-14)21-11-9-15-5-3-10-18(15,13-20)19-16-7-8-16/h2,4,6,12,15-16,19-20H,3,5,7-11,13H2,1H3. The second kappa shape index (κ2) is 6.37. The highest BCUT2D eigenvalue weighted by Crippen LogP contribution is 2.40. The molecular formula is C18H27NO2. The molecule has 2 fully saturated rings. The van der Waals surface area contributed by atoms with E-state index >= 15 is 0 Å². The molecule has 0 aliphatic heterocycles. The van der Waals surface area contributed by atoms with Crippen molar-refractivity contribution >= 4 is 0 Å². The van der Waals surface area contributed by atoms with Gasteiger partial charge in [0.25, 0.3) is 0 Å². The molecule has 2 N–H and O–H groups in total. The van der Waals surface area contributed by atoms with Gasteiger partial charge in [-0.05, 0) is 62.6 Å². The fourth-order valence-electron chi connectivity index (χ4n) is 3.67. The number of aliphatic hydroxyl groups is 1. The maximum Gasteiger partial charge on any atom is 0.119 e. The van der Waals surface area contributed by atoms with Crippen LogP contribution in [0.15, 0.2) is 24.3 Å². The molecule has 2 aliphatic rings. The van der Waals surface area contributed by atoms with Crippen molar-refractivity contribution in [1.82, 2.24) is 5.32 Å². The molecule has 0 radical (unpaired) electrons. The summed E-state index contributed by atoms with van der Waals surface area (Å²) in [5, 5.41) is 13.6. The molecule has 2 aliphatic carbocycles. The summed E-state index contributed by atoms with van der Waals surface area (Å²) in [5.74, 6) is 1.49. The van der Waals surface area contributed by atoms with Crippen LogP contribution in [0.5, 0.6) is 5.75 Å². The van der Waals surface area contributed by atoms with Gasteiger partial charge in [0.1, 0.15) is 5.75 Å². The van der Waals surface area contributed by atoms with E-state index in [-0.39, 0.29) is 12.1 Å². The van der Waals surface area contributed by atoms with E-state index < -0.39 is 0 Å². The van der Waals surface area contributed by atoms with Gasteiger partial charge in [-0.3, -0.25) is 0 Å². The average molecular weight is 289 g/mol. The molecule has 3 rings (SSSR count). The van der Waals surface area contributed by atoms with Crippen LogP contribution in [0, 0.1) is 12.8 Å². The van der Waals surface area contributed by atoms with Gasteiger partial charge in [-0.2, -0.15) is 0 Å². The lowest BCUT2D eigenvalue weighted by Gasteiger charge is -2.35. The summed E-state index contributed by atoms with van der Waals surface area (Å²) in [6, 6.07) is 8.86. The van der Waals surface area contributed by atoms with Crippen molar-refractivity contribution in [3.63, 3.8) is 0 Å². The van der Waals surface area contributed by atoms with E-state index in [0.29, 0.717) is 12.0 Å². The molecule has 3 heteroatoms. The highest BCUT2D eigenvalue weighted by atomic mass is 16.5. The quantitative estimate of drug-likeness (QED) is 0.810. The molecule has 2 unspecified atom stereocenters. The SMILES string of the molecule is Cc1cccc(OCCC2CCCC2(CO)NC2CC2)c1. The molecule has 2 atom stereocenters. The number of hydrogen-bond acceptors (Lipinski definition) is 3. The molecule has 116 valence electrons. The minimum Gasteiger partial charge on any atom is -0.494 e. The Balaban J connectivity index is 1.53. The number of rotatable bonds is 7. The van der Waals surface area contributed by atoms with Crippen molar-refractivity contribution < 1.29 is 9.84 Å². The Morgan fingerprint density at radius 3 is 2.90 bits per heavy atom. The predicted molar refractivity (Wildman–Crippen MR) is 84.6 cm³/mol. The van der Waals surface area contributed by atoms with Crippen LogP contribution in [-0.4, -0.2) is 29.9 Å². The van der Waals surface area contributed by atoms with E-state index in [1.54, 1.807) is 0 Å². The molecular weight excluding hydrogens is 262 g/mol. The lowest BCUT2D eigenvalue weighted by Crippen LogP contribution is -2.52. The van der Waals surface area contributed by atoms with Gasteiger partial charge in [0.05, 0.1) is 13.2 Å². The summed E-state index contributed by atoms with van der Waals surface area (Å²) in [5.41, 5.74) is 1.19. The van der Waals surface area contributed by atoms with Gasteiger partial charge < -0.3 is 15.2 Å². The Morgan fingerprint density at radius 1 is 1.33 bits per heavy atom. The number of aryl methyl sites for hydroxylation is 1. The van der Waals surface area contributed by atoms with E-state index in [4.69, 9.17) is 4.74 Å². The van der Waals surface area contributed by atoms with Gasteiger partial charge in [-0.15, -0.1) is 0 Å². The Morgan fingerprint density at radius 2 is 2.19 bits per heavy atom. The van der Waals surface area contributed by atoms with Crippen LogP contribution in [0.4, 0.5) is 0 Å². The smallest absolute Gasteiger partial charge is 0.119 e. The third kappa shape index (κ3) is 3.58. The Kier molecular flexibility index (Phi) is 4.51. The summed E-state index contributed by atoms with van der Waals surface area (Å²) in [6.07, 6.45) is 7.10. The first kappa shape index (κ1) is 14.9. The summed E-state index contributed by atoms with van der Waals surface area (Å²) < 4.78 is 5.90. The zero-order valence-electron chi connectivity index (χ0n) is 13.0. The molecule has 1 aromatic rings. The van der Waals surface area contributed by atoms with Crippen LogP contribution in [0.1, 0.15) is 44.1 Å². The fourth-order valence-corrected chi connectivity index (χ4v) is 3.67. The van der Waals surface area contributed by atoms with Crippen molar-refractivity contribution in [2.24, 2.45) is 5.92 Å². The summed E-state index contributed by atoms with van der Waals surface area (Å²) >= 11 is 0. The first-order valence-corrected chi connectivity index (χ1v) is 8.30. The molecule has 1 aromatic carbocycles. The molecule has 21 heavy (non-hydrogen) atoms. The predicted octanol–water partition coefficient (Wildman–Crippen LogP) is 3.05. The molecule has 3 nitrogen and oxygen atoms in total. The monoisotopic (exact) mass is 289 g/mol. The summed E-state index contributed by atoms with van der Waals surface area (Å²) in [4.78, 5) is 0. The normalized spacial score (nSPS) is 28.8. The van der Waals surface area contributed by atoms with E-state index in [9.17, 15) is 5.11 Å². The van der Waals surface area contributed by atoms with Crippen molar-refractivity contribution in [1.29, 1.82) is 0 Å². The molecule has 0 amide bonds. The highest BCUT2D eigenvalue weighted by Gasteiger charge is 2.44. The minimum atomic E-state index is -0.0445. The Hall–Kier alpha value is -1.06. The van der Waals surface area contributed by atoms with Gasteiger partial charge in [-0.1, -0.05) is 18.6 Å². The van der Waals surface area contributed by atoms with Gasteiger partial charge in [0.2, 0.25) is 0 Å². The first-order valence-electron chi connectivity index (χ1n) is 8.30. The average Bonchev–Trinajstić information content (AvgIpc) is 3.20. The largest absolute Gasteiger partial charge is 0.494 e. The Bertz CT molecular complexity index is 472. The topological polar surface area (TPSA) is 41.5 Å². The van der Waals surface area contributed by atoms with Crippen LogP contribution in [0.2, 0.25) is 0 Å². The highest BCUT2D eigenvalue weighted by molar-refractivity contribution is 5.27. The summed E-state index contributed by atoms with van der Waals surface area (Å²) in [7, 11) is 0. The molecule has 0 heterocycles. The van der Waals surface area contributed by atoms with Crippen LogP contribution < -0.4 is 10.1 Å². The lowest BCUT2D eigenvalue weighted by molar-refractivity contribution is 0.108. The van der Waals surface area contributed by atoms with Gasteiger partial charge in [0, 0.05) is 11.6 Å². The third-order valence-electron chi connectivity index (χ3n) is 5.03. The van der Waals surface area contributed by atoms with Gasteiger partial charge in [0.15, 0.2) is 0 Å². The van der Waals surface area contributed by atoms with Gasteiger partial charge in [-0.25, -0.2) is 0 Å². The van der Waals surface area contributed by atoms with Crippen LogP contribution >= 0.6 is 0 Å². The van der Waals surface area contributed by atoms with E-state index in [2.05, 4.69) is 24.4 Å². The molecule has 0 bridgehead atoms. The summed E-state index contributed by atoms with van der Waals surface area (Å²) in [6.45, 7) is 3.08. The number of benzene rings is 1. The lowest BCUT2D eigenvalue weighted by atomic mass is 9.85. The van der Waals surface area contributed by atoms with Crippen molar-refractivity contribution in [2.45, 2.75) is 57.0 Å². The number of nitrogens with one attached hydrogen (secondary N) is 1. The Labute approximate surface area is 127 Å². The van der Waals surface area contributed by atoms with E-state index in [1.165, 1.54) is 31.2 Å². The number of aliphatic hydroxyl groups excluding tert-OH is 1. The van der Waals surface area contributed by atoms with Gasteiger partial charge >= 0.3 is 0 Å². The zero-order valence-corrected chi connectivity index (χ0v) is 13.0.